The fourth-order valence-corrected chi connectivity index (χ4v) is 1.65. The van der Waals surface area contributed by atoms with E-state index in [-0.39, 0.29) is 12.2 Å². The van der Waals surface area contributed by atoms with Crippen molar-refractivity contribution in [2.24, 2.45) is 0 Å². The highest BCUT2D eigenvalue weighted by molar-refractivity contribution is 6.21. The Morgan fingerprint density at radius 2 is 2.50 bits per heavy atom. The van der Waals surface area contributed by atoms with Gasteiger partial charge in [-0.25, -0.2) is 0 Å². The second-order valence-corrected chi connectivity index (χ2v) is 3.80. The maximum Gasteiger partial charge on any atom is 0.132 e. The monoisotopic (exact) mass is 192 g/mol. The van der Waals surface area contributed by atoms with Gasteiger partial charge in [0.15, 0.2) is 0 Å². The van der Waals surface area contributed by atoms with Crippen LogP contribution in [0.2, 0.25) is 0 Å². The molecule has 1 saturated heterocycles. The molecule has 1 aliphatic heterocycles. The zero-order chi connectivity index (χ0) is 9.19. The number of hydrogen-bond acceptors (Lipinski definition) is 3. The maximum absolute atomic E-state index is 10.8. The molecule has 1 rings (SSSR count). The summed E-state index contributed by atoms with van der Waals surface area (Å²) in [6.07, 6.45) is 0.575. The minimum Gasteiger partial charge on any atom is -0.388 e. The molecule has 70 valence electrons. The largest absolute Gasteiger partial charge is 0.388 e. The predicted octanol–water partition coefficient (Wildman–Crippen LogP) is 0.724. The molecule has 1 fully saturated rings. The smallest absolute Gasteiger partial charge is 0.132 e. The van der Waals surface area contributed by atoms with E-state index >= 15 is 0 Å². The molecule has 0 aromatic rings. The SMILES string of the molecule is CC(=O)CC1(O)CCOCC1Cl. The van der Waals surface area contributed by atoms with Gasteiger partial charge in [-0.3, -0.25) is 4.79 Å². The quantitative estimate of drug-likeness (QED) is 0.656. The predicted molar refractivity (Wildman–Crippen MR) is 45.3 cm³/mol. The summed E-state index contributed by atoms with van der Waals surface area (Å²) in [5, 5.41) is 9.41. The summed E-state index contributed by atoms with van der Waals surface area (Å²) in [5.41, 5.74) is -1.05. The van der Waals surface area contributed by atoms with Crippen LogP contribution in [0.3, 0.4) is 0 Å². The summed E-state index contributed by atoms with van der Waals surface area (Å²) in [7, 11) is 0. The van der Waals surface area contributed by atoms with Gasteiger partial charge in [0.1, 0.15) is 5.78 Å². The van der Waals surface area contributed by atoms with E-state index in [1.165, 1.54) is 6.92 Å². The van der Waals surface area contributed by atoms with Gasteiger partial charge in [0, 0.05) is 19.4 Å². The van der Waals surface area contributed by atoms with Crippen molar-refractivity contribution >= 4 is 17.4 Å². The van der Waals surface area contributed by atoms with Crippen LogP contribution in [0.1, 0.15) is 19.8 Å². The van der Waals surface area contributed by atoms with E-state index in [0.29, 0.717) is 19.6 Å². The summed E-state index contributed by atoms with van der Waals surface area (Å²) in [6, 6.07) is 0. The van der Waals surface area contributed by atoms with Gasteiger partial charge in [-0.05, 0) is 6.92 Å². The number of alkyl halides is 1. The molecule has 0 amide bonds. The molecule has 1 heterocycles. The minimum absolute atomic E-state index is 0.0370. The Labute approximate surface area is 76.7 Å². The van der Waals surface area contributed by atoms with Crippen molar-refractivity contribution in [3.63, 3.8) is 0 Å². The van der Waals surface area contributed by atoms with Crippen molar-refractivity contribution in [2.45, 2.75) is 30.7 Å². The van der Waals surface area contributed by atoms with Crippen LogP contribution in [0.15, 0.2) is 0 Å². The molecule has 0 bridgehead atoms. The molecule has 0 radical (unpaired) electrons. The van der Waals surface area contributed by atoms with Crippen molar-refractivity contribution in [2.75, 3.05) is 13.2 Å². The lowest BCUT2D eigenvalue weighted by Crippen LogP contribution is -2.47. The number of ketones is 1. The number of carbonyl (C=O) groups excluding carboxylic acids is 1. The average molecular weight is 193 g/mol. The number of ether oxygens (including phenoxy) is 1. The van der Waals surface area contributed by atoms with Crippen LogP contribution in [-0.2, 0) is 9.53 Å². The van der Waals surface area contributed by atoms with Crippen LogP contribution in [0.25, 0.3) is 0 Å². The molecular formula is C8H13ClO3. The first-order valence-corrected chi connectivity index (χ1v) is 4.42. The van der Waals surface area contributed by atoms with Crippen LogP contribution >= 0.6 is 11.6 Å². The summed E-state index contributed by atoms with van der Waals surface area (Å²) in [5.74, 6) is -0.0370. The highest BCUT2D eigenvalue weighted by Crippen LogP contribution is 2.28. The lowest BCUT2D eigenvalue weighted by Gasteiger charge is -2.35. The zero-order valence-electron chi connectivity index (χ0n) is 7.05. The first-order chi connectivity index (χ1) is 5.54. The normalized spacial score (nSPS) is 36.4. The molecule has 0 aromatic heterocycles. The number of halogens is 1. The van der Waals surface area contributed by atoms with Crippen LogP contribution in [0, 0.1) is 0 Å². The number of Topliss-reactive ketones (excluding diaryl/α,β-unsaturated/α-hetero) is 1. The Balaban J connectivity index is 2.59. The highest BCUT2D eigenvalue weighted by atomic mass is 35.5. The van der Waals surface area contributed by atoms with E-state index in [4.69, 9.17) is 16.3 Å². The molecule has 1 aliphatic rings. The first kappa shape index (κ1) is 9.96. The molecule has 2 unspecified atom stereocenters. The van der Waals surface area contributed by atoms with Gasteiger partial charge in [-0.15, -0.1) is 11.6 Å². The molecule has 0 aromatic carbocycles. The van der Waals surface area contributed by atoms with Crippen molar-refractivity contribution in [3.05, 3.63) is 0 Å². The van der Waals surface area contributed by atoms with Crippen LogP contribution in [-0.4, -0.2) is 35.1 Å². The van der Waals surface area contributed by atoms with Crippen LogP contribution in [0.5, 0.6) is 0 Å². The number of hydrogen-bond donors (Lipinski definition) is 1. The summed E-state index contributed by atoms with van der Waals surface area (Å²) < 4.78 is 5.06. The van der Waals surface area contributed by atoms with Gasteiger partial charge in [0.05, 0.1) is 17.6 Å². The number of aliphatic hydroxyl groups is 1. The van der Waals surface area contributed by atoms with Gasteiger partial charge >= 0.3 is 0 Å². The van der Waals surface area contributed by atoms with E-state index in [0.717, 1.165) is 0 Å². The lowest BCUT2D eigenvalue weighted by atomic mass is 9.89. The van der Waals surface area contributed by atoms with Crippen molar-refractivity contribution in [3.8, 4) is 0 Å². The standard InChI is InChI=1S/C8H13ClO3/c1-6(10)4-8(11)2-3-12-5-7(8)9/h7,11H,2-5H2,1H3. The molecule has 4 heteroatoms. The molecule has 12 heavy (non-hydrogen) atoms. The van der Waals surface area contributed by atoms with Crippen molar-refractivity contribution in [1.29, 1.82) is 0 Å². The van der Waals surface area contributed by atoms with Crippen molar-refractivity contribution in [1.82, 2.24) is 0 Å². The fraction of sp³-hybridized carbons (Fsp3) is 0.875. The molecule has 0 aliphatic carbocycles. The third-order valence-electron chi connectivity index (χ3n) is 2.08. The molecule has 0 spiro atoms. The molecule has 0 saturated carbocycles. The third kappa shape index (κ3) is 2.19. The van der Waals surface area contributed by atoms with Gasteiger partial charge in [0.25, 0.3) is 0 Å². The van der Waals surface area contributed by atoms with Crippen LogP contribution < -0.4 is 0 Å². The lowest BCUT2D eigenvalue weighted by molar-refractivity contribution is -0.126. The Morgan fingerprint density at radius 3 is 3.00 bits per heavy atom. The van der Waals surface area contributed by atoms with E-state index < -0.39 is 11.0 Å². The molecular weight excluding hydrogens is 180 g/mol. The number of carbonyl (C=O) groups is 1. The Hall–Kier alpha value is -0.120. The Morgan fingerprint density at radius 1 is 1.83 bits per heavy atom. The van der Waals surface area contributed by atoms with Gasteiger partial charge in [-0.1, -0.05) is 0 Å². The highest BCUT2D eigenvalue weighted by Gasteiger charge is 2.39. The van der Waals surface area contributed by atoms with E-state index in [1.807, 2.05) is 0 Å². The number of rotatable bonds is 2. The topological polar surface area (TPSA) is 46.5 Å². The fourth-order valence-electron chi connectivity index (χ4n) is 1.38. The van der Waals surface area contributed by atoms with Gasteiger partial charge < -0.3 is 9.84 Å². The molecule has 1 N–H and O–H groups in total. The third-order valence-corrected chi connectivity index (χ3v) is 2.61. The van der Waals surface area contributed by atoms with Crippen molar-refractivity contribution < 1.29 is 14.6 Å². The molecule has 2 atom stereocenters. The summed E-state index contributed by atoms with van der Waals surface area (Å²) >= 11 is 5.84. The van der Waals surface area contributed by atoms with E-state index in [9.17, 15) is 9.90 Å². The average Bonchev–Trinajstić information content (AvgIpc) is 1.94. The Kier molecular flexibility index (Phi) is 3.09. The van der Waals surface area contributed by atoms with Gasteiger partial charge in [0.2, 0.25) is 0 Å². The minimum atomic E-state index is -1.05. The second-order valence-electron chi connectivity index (χ2n) is 3.27. The van der Waals surface area contributed by atoms with Gasteiger partial charge in [-0.2, -0.15) is 0 Å². The maximum atomic E-state index is 10.8. The molecule has 3 nitrogen and oxygen atoms in total. The zero-order valence-corrected chi connectivity index (χ0v) is 7.80. The Bertz CT molecular complexity index is 183. The van der Waals surface area contributed by atoms with Crippen LogP contribution in [0.4, 0.5) is 0 Å². The second kappa shape index (κ2) is 3.73. The summed E-state index contributed by atoms with van der Waals surface area (Å²) in [6.45, 7) is 2.26. The first-order valence-electron chi connectivity index (χ1n) is 3.98. The summed E-state index contributed by atoms with van der Waals surface area (Å²) in [4.78, 5) is 10.8. The van der Waals surface area contributed by atoms with E-state index in [2.05, 4.69) is 0 Å². The van der Waals surface area contributed by atoms with E-state index in [1.54, 1.807) is 0 Å².